The number of carbonyl (C=O) groups excluding carboxylic acids is 3. The predicted octanol–water partition coefficient (Wildman–Crippen LogP) is 24.4. The molecule has 1 atom stereocenters. The number of unbranched alkanes of at least 4 members (excludes halogenated alkanes) is 37. The summed E-state index contributed by atoms with van der Waals surface area (Å²) in [6.45, 7) is 6.43. The highest BCUT2D eigenvalue weighted by atomic mass is 16.6. The van der Waals surface area contributed by atoms with E-state index in [9.17, 15) is 14.4 Å². The van der Waals surface area contributed by atoms with E-state index in [4.69, 9.17) is 14.2 Å². The van der Waals surface area contributed by atoms with Crippen LogP contribution >= 0.6 is 0 Å². The molecule has 0 amide bonds. The molecule has 472 valence electrons. The molecule has 0 saturated heterocycles. The van der Waals surface area contributed by atoms with E-state index in [-0.39, 0.29) is 31.1 Å². The van der Waals surface area contributed by atoms with Gasteiger partial charge in [0.25, 0.3) is 0 Å². The summed E-state index contributed by atoms with van der Waals surface area (Å²) in [6.07, 6.45) is 94.6. The maximum Gasteiger partial charge on any atom is 0.306 e. The Bertz CT molecular complexity index is 1590. The first-order valence-electron chi connectivity index (χ1n) is 35.2. The largest absolute Gasteiger partial charge is 0.462 e. The van der Waals surface area contributed by atoms with Gasteiger partial charge in [-0.15, -0.1) is 0 Å². The summed E-state index contributed by atoms with van der Waals surface area (Å²) in [5.74, 6) is -0.877. The molecule has 6 heteroatoms. The van der Waals surface area contributed by atoms with E-state index < -0.39 is 6.10 Å². The minimum atomic E-state index is -0.782. The lowest BCUT2D eigenvalue weighted by molar-refractivity contribution is -0.167. The first-order valence-corrected chi connectivity index (χ1v) is 35.2. The van der Waals surface area contributed by atoms with Crippen molar-refractivity contribution in [1.82, 2.24) is 0 Å². The van der Waals surface area contributed by atoms with Crippen molar-refractivity contribution in [2.24, 2.45) is 0 Å². The van der Waals surface area contributed by atoms with E-state index >= 15 is 0 Å². The molecule has 0 heterocycles. The number of hydrogen-bond acceptors (Lipinski definition) is 6. The van der Waals surface area contributed by atoms with Gasteiger partial charge in [-0.3, -0.25) is 14.4 Å². The molecule has 0 saturated carbocycles. The van der Waals surface area contributed by atoms with E-state index in [1.165, 1.54) is 186 Å². The second-order valence-corrected chi connectivity index (χ2v) is 23.4. The maximum atomic E-state index is 12.9. The van der Waals surface area contributed by atoms with Gasteiger partial charge in [0.15, 0.2) is 6.10 Å². The zero-order chi connectivity index (χ0) is 59.2. The Morgan fingerprint density at radius 2 is 0.476 bits per heavy atom. The molecular weight excluding hydrogens is 1010 g/mol. The third kappa shape index (κ3) is 67.1. The predicted molar refractivity (Wildman–Crippen MR) is 357 cm³/mol. The fraction of sp³-hybridized carbons (Fsp3) is 0.750. The minimum absolute atomic E-state index is 0.0781. The molecule has 0 N–H and O–H groups in total. The van der Waals surface area contributed by atoms with Gasteiger partial charge in [0, 0.05) is 19.3 Å². The van der Waals surface area contributed by atoms with Crippen LogP contribution in [0.2, 0.25) is 0 Å². The summed E-state index contributed by atoms with van der Waals surface area (Å²) in [6, 6.07) is 0. The Labute approximate surface area is 508 Å². The lowest BCUT2D eigenvalue weighted by atomic mass is 10.0. The zero-order valence-electron chi connectivity index (χ0n) is 54.2. The fourth-order valence-electron chi connectivity index (χ4n) is 10.1. The summed E-state index contributed by atoms with van der Waals surface area (Å²) in [7, 11) is 0. The topological polar surface area (TPSA) is 78.9 Å². The van der Waals surface area contributed by atoms with Crippen LogP contribution in [-0.4, -0.2) is 37.2 Å². The van der Waals surface area contributed by atoms with E-state index in [0.717, 1.165) is 122 Å². The number of rotatable bonds is 64. The summed E-state index contributed by atoms with van der Waals surface area (Å²) in [5, 5.41) is 0. The van der Waals surface area contributed by atoms with Crippen molar-refractivity contribution < 1.29 is 28.6 Å². The number of hydrogen-bond donors (Lipinski definition) is 0. The molecule has 6 nitrogen and oxygen atoms in total. The molecule has 0 fully saturated rings. The minimum Gasteiger partial charge on any atom is -0.462 e. The van der Waals surface area contributed by atoms with Gasteiger partial charge < -0.3 is 14.2 Å². The van der Waals surface area contributed by atoms with Gasteiger partial charge in [0.1, 0.15) is 13.2 Å². The molecule has 0 rings (SSSR count). The van der Waals surface area contributed by atoms with Crippen molar-refractivity contribution in [2.45, 2.75) is 354 Å². The van der Waals surface area contributed by atoms with E-state index in [0.29, 0.717) is 19.3 Å². The fourth-order valence-corrected chi connectivity index (χ4v) is 10.1. The molecule has 0 aliphatic carbocycles. The van der Waals surface area contributed by atoms with Crippen molar-refractivity contribution in [2.75, 3.05) is 13.2 Å². The lowest BCUT2D eigenvalue weighted by Gasteiger charge is -2.18. The second-order valence-electron chi connectivity index (χ2n) is 23.4. The van der Waals surface area contributed by atoms with Gasteiger partial charge in [-0.2, -0.15) is 0 Å². The molecule has 0 spiro atoms. The van der Waals surface area contributed by atoms with Crippen molar-refractivity contribution in [3.63, 3.8) is 0 Å². The van der Waals surface area contributed by atoms with Crippen LogP contribution in [0.1, 0.15) is 348 Å². The SMILES string of the molecule is CC/C=C\C/C=C\C/C=C\C/C=C\CCCCCCCCCCCCCCCCCCCCCCCCC(=O)OCC(COC(=O)CCCCCCCCCCCC)OC(=O)CCCCCCCC/C=C\C/C=C\C/C=C\C/C=C\CC. The molecule has 0 bridgehead atoms. The Morgan fingerprint density at radius 1 is 0.256 bits per heavy atom. The standard InChI is InChI=1S/C76H132O6/c1-4-7-10-13-16-19-22-24-26-28-30-31-32-33-34-35-36-37-38-39-40-41-42-43-44-45-47-48-50-52-54-57-60-63-66-69-75(78)81-72-73(71-80-74(77)68-65-62-59-56-21-18-15-12-9-6-3)82-76(79)70-67-64-61-58-55-53-51-49-46-29-27-25-23-20-17-14-11-8-5-2/h7-8,10-11,16-17,19-20,24-27,30-31,46,49,73H,4-6,9,12-15,18,21-23,28-29,32-45,47-48,50-72H2,1-3H3/b10-7-,11-8-,19-16-,20-17-,26-24-,27-25-,31-30-,49-46-. The Kier molecular flexibility index (Phi) is 66.7. The number of ether oxygens (including phenoxy) is 3. The Hall–Kier alpha value is -3.67. The smallest absolute Gasteiger partial charge is 0.306 e. The van der Waals surface area contributed by atoms with E-state index in [1.54, 1.807) is 0 Å². The van der Waals surface area contributed by atoms with Crippen LogP contribution in [0, 0.1) is 0 Å². The van der Waals surface area contributed by atoms with Crippen LogP contribution in [0.4, 0.5) is 0 Å². The van der Waals surface area contributed by atoms with Crippen molar-refractivity contribution >= 4 is 17.9 Å². The summed E-state index contributed by atoms with van der Waals surface area (Å²) in [5.41, 5.74) is 0. The van der Waals surface area contributed by atoms with Gasteiger partial charge in [-0.05, 0) is 96.3 Å². The van der Waals surface area contributed by atoms with Gasteiger partial charge >= 0.3 is 17.9 Å². The highest BCUT2D eigenvalue weighted by molar-refractivity contribution is 5.71. The zero-order valence-corrected chi connectivity index (χ0v) is 54.2. The van der Waals surface area contributed by atoms with Gasteiger partial charge in [0.2, 0.25) is 0 Å². The van der Waals surface area contributed by atoms with E-state index in [1.807, 2.05) is 0 Å². The van der Waals surface area contributed by atoms with Gasteiger partial charge in [-0.1, -0.05) is 330 Å². The quantitative estimate of drug-likeness (QED) is 0.0261. The Morgan fingerprint density at radius 3 is 0.744 bits per heavy atom. The second kappa shape index (κ2) is 69.8. The number of esters is 3. The molecule has 0 aromatic rings. The highest BCUT2D eigenvalue weighted by Gasteiger charge is 2.19. The lowest BCUT2D eigenvalue weighted by Crippen LogP contribution is -2.30. The van der Waals surface area contributed by atoms with Crippen LogP contribution < -0.4 is 0 Å². The molecule has 0 aromatic carbocycles. The summed E-state index contributed by atoms with van der Waals surface area (Å²) < 4.78 is 16.9. The molecule has 0 aliphatic heterocycles. The average molecular weight is 1140 g/mol. The summed E-state index contributed by atoms with van der Waals surface area (Å²) in [4.78, 5) is 38.3. The van der Waals surface area contributed by atoms with Gasteiger partial charge in [-0.25, -0.2) is 0 Å². The van der Waals surface area contributed by atoms with Crippen LogP contribution in [0.25, 0.3) is 0 Å². The van der Waals surface area contributed by atoms with Crippen LogP contribution in [0.15, 0.2) is 97.2 Å². The third-order valence-corrected chi connectivity index (χ3v) is 15.3. The van der Waals surface area contributed by atoms with Crippen LogP contribution in [-0.2, 0) is 28.6 Å². The summed E-state index contributed by atoms with van der Waals surface area (Å²) >= 11 is 0. The molecule has 0 radical (unpaired) electrons. The normalized spacial score (nSPS) is 12.7. The average Bonchev–Trinajstić information content (AvgIpc) is 3.48. The van der Waals surface area contributed by atoms with Crippen molar-refractivity contribution in [3.05, 3.63) is 97.2 Å². The molecule has 1 unspecified atom stereocenters. The van der Waals surface area contributed by atoms with Gasteiger partial charge in [0.05, 0.1) is 0 Å². The van der Waals surface area contributed by atoms with E-state index in [2.05, 4.69) is 118 Å². The molecule has 0 aromatic heterocycles. The monoisotopic (exact) mass is 1140 g/mol. The van der Waals surface area contributed by atoms with Crippen LogP contribution in [0.5, 0.6) is 0 Å². The molecular formula is C76H132O6. The maximum absolute atomic E-state index is 12.9. The number of carbonyl (C=O) groups is 3. The molecule has 82 heavy (non-hydrogen) atoms. The Balaban J connectivity index is 4.08. The first-order chi connectivity index (χ1) is 40.5. The van der Waals surface area contributed by atoms with Crippen LogP contribution in [0.3, 0.4) is 0 Å². The first kappa shape index (κ1) is 78.3. The number of allylic oxidation sites excluding steroid dienone is 16. The van der Waals surface area contributed by atoms with Crippen molar-refractivity contribution in [1.29, 1.82) is 0 Å². The molecule has 0 aliphatic rings. The third-order valence-electron chi connectivity index (χ3n) is 15.3. The van der Waals surface area contributed by atoms with Crippen molar-refractivity contribution in [3.8, 4) is 0 Å². The highest BCUT2D eigenvalue weighted by Crippen LogP contribution is 2.18.